The summed E-state index contributed by atoms with van der Waals surface area (Å²) in [5.74, 6) is 0. The molecule has 0 aliphatic carbocycles. The number of hydrogen-bond donors (Lipinski definition) is 1. The minimum absolute atomic E-state index is 0.665. The quantitative estimate of drug-likeness (QED) is 0.796. The van der Waals surface area contributed by atoms with E-state index in [-0.39, 0.29) is 0 Å². The zero-order valence-corrected chi connectivity index (χ0v) is 9.83. The van der Waals surface area contributed by atoms with Gasteiger partial charge in [-0.2, -0.15) is 0 Å². The minimum Gasteiger partial charge on any atom is -0.375 e. The maximum atomic E-state index is 5.60. The number of aryl methyl sites for hydroxylation is 1. The van der Waals surface area contributed by atoms with Crippen molar-refractivity contribution in [3.63, 3.8) is 0 Å². The van der Waals surface area contributed by atoms with E-state index in [4.69, 9.17) is 5.73 Å². The lowest BCUT2D eigenvalue weighted by molar-refractivity contribution is 0.243. The summed E-state index contributed by atoms with van der Waals surface area (Å²) in [7, 11) is 2.18. The van der Waals surface area contributed by atoms with E-state index in [0.29, 0.717) is 11.2 Å². The summed E-state index contributed by atoms with van der Waals surface area (Å²) < 4.78 is 0. The van der Waals surface area contributed by atoms with Gasteiger partial charge in [0, 0.05) is 18.0 Å². The lowest BCUT2D eigenvalue weighted by Crippen LogP contribution is -2.34. The van der Waals surface area contributed by atoms with Crippen molar-refractivity contribution in [3.8, 4) is 0 Å². The van der Waals surface area contributed by atoms with Gasteiger partial charge in [-0.25, -0.2) is 4.98 Å². The van der Waals surface area contributed by atoms with Crippen LogP contribution in [0.25, 0.3) is 0 Å². The smallest absolute Gasteiger partial charge is 0.180 e. The van der Waals surface area contributed by atoms with Gasteiger partial charge >= 0.3 is 0 Å². The molecule has 1 aromatic rings. The van der Waals surface area contributed by atoms with Crippen molar-refractivity contribution in [2.45, 2.75) is 25.3 Å². The zero-order valence-electron chi connectivity index (χ0n) is 9.02. The molecule has 2 rings (SSSR count). The van der Waals surface area contributed by atoms with E-state index < -0.39 is 0 Å². The molecule has 0 spiro atoms. The minimum atomic E-state index is 0.665. The van der Waals surface area contributed by atoms with Crippen molar-refractivity contribution in [2.24, 2.45) is 0 Å². The van der Waals surface area contributed by atoms with E-state index in [1.165, 1.54) is 17.8 Å². The third-order valence-electron chi connectivity index (χ3n) is 2.89. The Morgan fingerprint density at radius 2 is 2.47 bits per heavy atom. The molecule has 0 amide bonds. The van der Waals surface area contributed by atoms with Gasteiger partial charge in [-0.15, -0.1) is 11.3 Å². The average Bonchev–Trinajstić information content (AvgIpc) is 2.63. The van der Waals surface area contributed by atoms with E-state index in [1.807, 2.05) is 0 Å². The van der Waals surface area contributed by atoms with Gasteiger partial charge in [0.15, 0.2) is 5.13 Å². The average molecular weight is 223 g/mol. The van der Waals surface area contributed by atoms with Crippen molar-refractivity contribution in [3.05, 3.63) is 23.2 Å². The van der Waals surface area contributed by atoms with Crippen molar-refractivity contribution in [1.29, 1.82) is 0 Å². The van der Waals surface area contributed by atoms with E-state index in [0.717, 1.165) is 25.1 Å². The van der Waals surface area contributed by atoms with E-state index in [9.17, 15) is 0 Å². The lowest BCUT2D eigenvalue weighted by Gasteiger charge is -2.28. The third kappa shape index (κ3) is 2.79. The summed E-state index contributed by atoms with van der Waals surface area (Å²) in [5.41, 5.74) is 6.74. The molecule has 15 heavy (non-hydrogen) atoms. The van der Waals surface area contributed by atoms with Crippen molar-refractivity contribution in [1.82, 2.24) is 9.88 Å². The molecule has 0 saturated carbocycles. The molecule has 1 aromatic heterocycles. The number of hydrogen-bond acceptors (Lipinski definition) is 4. The van der Waals surface area contributed by atoms with Crippen molar-refractivity contribution >= 4 is 16.5 Å². The second-order valence-corrected chi connectivity index (χ2v) is 4.91. The summed E-state index contributed by atoms with van der Waals surface area (Å²) in [4.78, 5) is 6.68. The molecule has 1 aliphatic heterocycles. The second-order valence-electron chi connectivity index (χ2n) is 4.02. The molecule has 1 unspecified atom stereocenters. The van der Waals surface area contributed by atoms with Gasteiger partial charge in [0.25, 0.3) is 0 Å². The van der Waals surface area contributed by atoms with Gasteiger partial charge in [0.05, 0.1) is 5.69 Å². The highest BCUT2D eigenvalue weighted by atomic mass is 32.1. The van der Waals surface area contributed by atoms with Crippen LogP contribution in [0.15, 0.2) is 17.5 Å². The normalized spacial score (nSPS) is 22.1. The number of thiazole rings is 1. The number of nitrogens with zero attached hydrogens (tertiary/aromatic N) is 2. The summed E-state index contributed by atoms with van der Waals surface area (Å²) in [6, 6.07) is 0.665. The third-order valence-corrected chi connectivity index (χ3v) is 3.62. The number of anilines is 1. The number of likely N-dealkylation sites (N-methyl/N-ethyl adjacent to an activating group) is 1. The van der Waals surface area contributed by atoms with Gasteiger partial charge in [0.1, 0.15) is 0 Å². The number of aromatic nitrogens is 1. The zero-order chi connectivity index (χ0) is 10.7. The molecule has 0 saturated heterocycles. The van der Waals surface area contributed by atoms with Crippen LogP contribution in [0.4, 0.5) is 5.13 Å². The Bertz CT molecular complexity index is 345. The highest BCUT2D eigenvalue weighted by molar-refractivity contribution is 7.13. The summed E-state index contributed by atoms with van der Waals surface area (Å²) >= 11 is 1.53. The van der Waals surface area contributed by atoms with Crippen molar-refractivity contribution in [2.75, 3.05) is 19.3 Å². The molecule has 2 heterocycles. The van der Waals surface area contributed by atoms with Crippen LogP contribution < -0.4 is 5.73 Å². The first kappa shape index (κ1) is 10.6. The summed E-state index contributed by atoms with van der Waals surface area (Å²) in [6.45, 7) is 1.07. The molecule has 0 bridgehead atoms. The number of nitrogens with two attached hydrogens (primary N) is 1. The molecule has 2 N–H and O–H groups in total. The first-order valence-electron chi connectivity index (χ1n) is 5.31. The van der Waals surface area contributed by atoms with E-state index >= 15 is 0 Å². The molecule has 3 nitrogen and oxygen atoms in total. The van der Waals surface area contributed by atoms with Gasteiger partial charge in [-0.3, -0.25) is 4.90 Å². The Balaban J connectivity index is 1.85. The molecule has 0 aromatic carbocycles. The second kappa shape index (κ2) is 4.77. The van der Waals surface area contributed by atoms with Crippen LogP contribution in [0.1, 0.15) is 18.5 Å². The van der Waals surface area contributed by atoms with Gasteiger partial charge < -0.3 is 5.73 Å². The molecule has 1 aliphatic rings. The number of nitrogen functional groups attached to an aromatic ring is 1. The van der Waals surface area contributed by atoms with Crippen LogP contribution in [-0.4, -0.2) is 29.5 Å². The van der Waals surface area contributed by atoms with Crippen LogP contribution in [0.3, 0.4) is 0 Å². The largest absolute Gasteiger partial charge is 0.375 e. The van der Waals surface area contributed by atoms with Crippen molar-refractivity contribution < 1.29 is 0 Å². The molecule has 0 radical (unpaired) electrons. The number of rotatable bonds is 3. The molecule has 4 heteroatoms. The summed E-state index contributed by atoms with van der Waals surface area (Å²) in [6.07, 6.45) is 7.88. The molecule has 0 fully saturated rings. The van der Waals surface area contributed by atoms with Gasteiger partial charge in [0.2, 0.25) is 0 Å². The Labute approximate surface area is 94.6 Å². The van der Waals surface area contributed by atoms with Crippen LogP contribution in [-0.2, 0) is 6.42 Å². The monoisotopic (exact) mass is 223 g/mol. The highest BCUT2D eigenvalue weighted by Gasteiger charge is 2.15. The van der Waals surface area contributed by atoms with Crippen LogP contribution in [0, 0.1) is 0 Å². The maximum absolute atomic E-state index is 5.60. The fourth-order valence-corrected chi connectivity index (χ4v) is 2.51. The van der Waals surface area contributed by atoms with Crippen LogP contribution in [0.5, 0.6) is 0 Å². The SMILES string of the molecule is CN1CC=CCC1CCc1csc(N)n1. The molecule has 82 valence electrons. The fourth-order valence-electron chi connectivity index (χ4n) is 1.91. The topological polar surface area (TPSA) is 42.1 Å². The Hall–Kier alpha value is -0.870. The van der Waals surface area contributed by atoms with E-state index in [2.05, 4.69) is 34.5 Å². The standard InChI is InChI=1S/C11H17N3S/c1-14-7-3-2-4-10(14)6-5-9-8-15-11(12)13-9/h2-3,8,10H,4-7H2,1H3,(H2,12,13). The first-order chi connectivity index (χ1) is 7.25. The molecule has 1 atom stereocenters. The first-order valence-corrected chi connectivity index (χ1v) is 6.19. The fraction of sp³-hybridized carbons (Fsp3) is 0.545. The van der Waals surface area contributed by atoms with E-state index in [1.54, 1.807) is 0 Å². The maximum Gasteiger partial charge on any atom is 0.180 e. The predicted octanol–water partition coefficient (Wildman–Crippen LogP) is 1.92. The predicted molar refractivity (Wildman–Crippen MR) is 65.0 cm³/mol. The molecular formula is C11H17N3S. The highest BCUT2D eigenvalue weighted by Crippen LogP contribution is 2.17. The molecular weight excluding hydrogens is 206 g/mol. The van der Waals surface area contributed by atoms with Gasteiger partial charge in [-0.05, 0) is 26.3 Å². The van der Waals surface area contributed by atoms with Crippen LogP contribution >= 0.6 is 11.3 Å². The van der Waals surface area contributed by atoms with Gasteiger partial charge in [-0.1, -0.05) is 12.2 Å². The Kier molecular flexibility index (Phi) is 3.38. The Morgan fingerprint density at radius 3 is 3.13 bits per heavy atom. The van der Waals surface area contributed by atoms with Crippen LogP contribution in [0.2, 0.25) is 0 Å². The Morgan fingerprint density at radius 1 is 1.60 bits per heavy atom. The lowest BCUT2D eigenvalue weighted by atomic mass is 10.0. The summed E-state index contributed by atoms with van der Waals surface area (Å²) in [5, 5.41) is 2.75.